The second-order valence-corrected chi connectivity index (χ2v) is 5.83. The van der Waals surface area contributed by atoms with Crippen molar-refractivity contribution < 1.29 is 0 Å². The van der Waals surface area contributed by atoms with Gasteiger partial charge in [0.2, 0.25) is 0 Å². The largest absolute Gasteiger partial charge is 0.304 e. The molecular weight excluding hydrogens is 218 g/mol. The maximum Gasteiger partial charge on any atom is 0.195 e. The number of nitrogens with zero attached hydrogens (tertiary/aromatic N) is 2. The van der Waals surface area contributed by atoms with Crippen molar-refractivity contribution in [2.75, 3.05) is 0 Å². The molecule has 3 nitrogen and oxygen atoms in total. The number of aromatic nitrogens is 3. The van der Waals surface area contributed by atoms with Crippen LogP contribution >= 0.6 is 12.2 Å². The van der Waals surface area contributed by atoms with Gasteiger partial charge < -0.3 is 4.57 Å². The summed E-state index contributed by atoms with van der Waals surface area (Å²) in [5, 5.41) is 7.35. The van der Waals surface area contributed by atoms with Gasteiger partial charge in [-0.2, -0.15) is 5.10 Å². The zero-order chi connectivity index (χ0) is 11.1. The van der Waals surface area contributed by atoms with Gasteiger partial charge in [0, 0.05) is 12.5 Å². The molecule has 2 unspecified atom stereocenters. The molecule has 1 aromatic rings. The number of H-pyrrole nitrogens is 1. The fraction of sp³-hybridized carbons (Fsp3) is 0.833. The van der Waals surface area contributed by atoms with E-state index < -0.39 is 0 Å². The quantitative estimate of drug-likeness (QED) is 0.819. The van der Waals surface area contributed by atoms with Crippen molar-refractivity contribution in [3.63, 3.8) is 0 Å². The topological polar surface area (TPSA) is 33.6 Å². The maximum absolute atomic E-state index is 5.34. The van der Waals surface area contributed by atoms with E-state index in [2.05, 4.69) is 21.7 Å². The lowest BCUT2D eigenvalue weighted by atomic mass is 9.98. The van der Waals surface area contributed by atoms with Gasteiger partial charge in [-0.05, 0) is 43.3 Å². The summed E-state index contributed by atoms with van der Waals surface area (Å²) in [6.07, 6.45) is 6.71. The van der Waals surface area contributed by atoms with Gasteiger partial charge in [-0.1, -0.05) is 19.8 Å². The van der Waals surface area contributed by atoms with Crippen LogP contribution in [-0.4, -0.2) is 14.8 Å². The lowest BCUT2D eigenvalue weighted by molar-refractivity contribution is 0.357. The van der Waals surface area contributed by atoms with E-state index in [1.165, 1.54) is 37.9 Å². The molecule has 0 aromatic carbocycles. The van der Waals surface area contributed by atoms with Crippen molar-refractivity contribution in [2.45, 2.75) is 51.5 Å². The third-order valence-electron chi connectivity index (χ3n) is 4.19. The van der Waals surface area contributed by atoms with Crippen LogP contribution in [0, 0.1) is 16.6 Å². The van der Waals surface area contributed by atoms with E-state index in [1.54, 1.807) is 0 Å². The molecule has 0 aliphatic heterocycles. The third-order valence-corrected chi connectivity index (χ3v) is 4.50. The van der Waals surface area contributed by atoms with Gasteiger partial charge in [0.15, 0.2) is 4.77 Å². The van der Waals surface area contributed by atoms with Crippen molar-refractivity contribution in [3.8, 4) is 0 Å². The lowest BCUT2D eigenvalue weighted by Gasteiger charge is -2.16. The van der Waals surface area contributed by atoms with E-state index in [1.807, 2.05) is 0 Å². The molecule has 1 N–H and O–H groups in total. The van der Waals surface area contributed by atoms with E-state index in [0.717, 1.165) is 23.2 Å². The summed E-state index contributed by atoms with van der Waals surface area (Å²) in [4.78, 5) is 0. The predicted octanol–water partition coefficient (Wildman–Crippen LogP) is 3.25. The Hall–Kier alpha value is -0.640. The Kier molecular flexibility index (Phi) is 2.62. The molecule has 88 valence electrons. The van der Waals surface area contributed by atoms with Crippen molar-refractivity contribution in [1.29, 1.82) is 0 Å². The second kappa shape index (κ2) is 3.99. The minimum Gasteiger partial charge on any atom is -0.304 e. The molecule has 3 rings (SSSR count). The highest BCUT2D eigenvalue weighted by Crippen LogP contribution is 2.40. The molecule has 2 saturated carbocycles. The summed E-state index contributed by atoms with van der Waals surface area (Å²) < 4.78 is 3.08. The van der Waals surface area contributed by atoms with Gasteiger partial charge >= 0.3 is 0 Å². The Balaban J connectivity index is 1.82. The highest BCUT2D eigenvalue weighted by Gasteiger charge is 2.31. The Labute approximate surface area is 101 Å². The summed E-state index contributed by atoms with van der Waals surface area (Å²) >= 11 is 5.34. The van der Waals surface area contributed by atoms with Crippen LogP contribution in [0.3, 0.4) is 0 Å². The molecule has 0 saturated heterocycles. The summed E-state index contributed by atoms with van der Waals surface area (Å²) in [5.41, 5.74) is 0. The van der Waals surface area contributed by atoms with Crippen LogP contribution in [0.2, 0.25) is 0 Å². The summed E-state index contributed by atoms with van der Waals surface area (Å²) in [6, 6.07) is 0. The summed E-state index contributed by atoms with van der Waals surface area (Å²) in [6.45, 7) is 3.46. The Morgan fingerprint density at radius 1 is 1.38 bits per heavy atom. The standard InChI is InChI=1S/C12H19N3S/c1-8-3-2-4-10(8)7-15-11(9-5-6-9)13-14-12(15)16/h8-10H,2-7H2,1H3,(H,14,16). The first-order chi connectivity index (χ1) is 7.75. The van der Waals surface area contributed by atoms with E-state index >= 15 is 0 Å². The minimum atomic E-state index is 0.685. The Morgan fingerprint density at radius 3 is 2.81 bits per heavy atom. The second-order valence-electron chi connectivity index (χ2n) is 5.44. The number of hydrogen-bond donors (Lipinski definition) is 1. The molecule has 2 atom stereocenters. The van der Waals surface area contributed by atoms with E-state index in [0.29, 0.717) is 5.92 Å². The van der Waals surface area contributed by atoms with Crippen LogP contribution in [0.1, 0.15) is 50.8 Å². The smallest absolute Gasteiger partial charge is 0.195 e. The SMILES string of the molecule is CC1CCCC1Cn1c(C2CC2)n[nH]c1=S. The van der Waals surface area contributed by atoms with Gasteiger partial charge in [-0.25, -0.2) is 0 Å². The van der Waals surface area contributed by atoms with E-state index in [-0.39, 0.29) is 0 Å². The van der Waals surface area contributed by atoms with Gasteiger partial charge in [-0.3, -0.25) is 5.10 Å². The minimum absolute atomic E-state index is 0.685. The zero-order valence-electron chi connectivity index (χ0n) is 9.78. The van der Waals surface area contributed by atoms with E-state index in [4.69, 9.17) is 12.2 Å². The molecule has 1 aromatic heterocycles. The summed E-state index contributed by atoms with van der Waals surface area (Å²) in [5.74, 6) is 3.56. The molecule has 0 amide bonds. The van der Waals surface area contributed by atoms with Crippen LogP contribution < -0.4 is 0 Å². The van der Waals surface area contributed by atoms with Gasteiger partial charge in [-0.15, -0.1) is 0 Å². The highest BCUT2D eigenvalue weighted by molar-refractivity contribution is 7.71. The number of rotatable bonds is 3. The monoisotopic (exact) mass is 237 g/mol. The highest BCUT2D eigenvalue weighted by atomic mass is 32.1. The number of hydrogen-bond acceptors (Lipinski definition) is 2. The Morgan fingerprint density at radius 2 is 2.19 bits per heavy atom. The molecule has 0 radical (unpaired) electrons. The first-order valence-electron chi connectivity index (χ1n) is 6.41. The van der Waals surface area contributed by atoms with Crippen molar-refractivity contribution in [3.05, 3.63) is 10.6 Å². The van der Waals surface area contributed by atoms with Crippen LogP contribution in [0.5, 0.6) is 0 Å². The average Bonchev–Trinajstić information content (AvgIpc) is 2.94. The molecule has 0 bridgehead atoms. The molecular formula is C12H19N3S. The van der Waals surface area contributed by atoms with Gasteiger partial charge in [0.05, 0.1) is 0 Å². The summed E-state index contributed by atoms with van der Waals surface area (Å²) in [7, 11) is 0. The third kappa shape index (κ3) is 1.83. The first kappa shape index (κ1) is 10.5. The predicted molar refractivity (Wildman–Crippen MR) is 65.9 cm³/mol. The van der Waals surface area contributed by atoms with Crippen LogP contribution in [0.4, 0.5) is 0 Å². The van der Waals surface area contributed by atoms with Crippen molar-refractivity contribution in [1.82, 2.24) is 14.8 Å². The first-order valence-corrected chi connectivity index (χ1v) is 6.81. The molecule has 4 heteroatoms. The zero-order valence-corrected chi connectivity index (χ0v) is 10.6. The molecule has 2 aliphatic rings. The van der Waals surface area contributed by atoms with Crippen LogP contribution in [0.25, 0.3) is 0 Å². The number of nitrogens with one attached hydrogen (secondary N) is 1. The lowest BCUT2D eigenvalue weighted by Crippen LogP contribution is -2.15. The van der Waals surface area contributed by atoms with Crippen molar-refractivity contribution in [2.24, 2.45) is 11.8 Å². The Bertz CT molecular complexity index is 430. The van der Waals surface area contributed by atoms with E-state index in [9.17, 15) is 0 Å². The average molecular weight is 237 g/mol. The normalized spacial score (nSPS) is 29.8. The number of aromatic amines is 1. The molecule has 16 heavy (non-hydrogen) atoms. The fourth-order valence-corrected chi connectivity index (χ4v) is 3.10. The van der Waals surface area contributed by atoms with Crippen LogP contribution in [0.15, 0.2) is 0 Å². The van der Waals surface area contributed by atoms with Gasteiger partial charge in [0.25, 0.3) is 0 Å². The van der Waals surface area contributed by atoms with Crippen LogP contribution in [-0.2, 0) is 6.54 Å². The molecule has 0 spiro atoms. The maximum atomic E-state index is 5.34. The molecule has 2 fully saturated rings. The fourth-order valence-electron chi connectivity index (χ4n) is 2.89. The van der Waals surface area contributed by atoms with Crippen molar-refractivity contribution >= 4 is 12.2 Å². The molecule has 1 heterocycles. The molecule has 2 aliphatic carbocycles. The van der Waals surface area contributed by atoms with Gasteiger partial charge in [0.1, 0.15) is 5.82 Å².